The van der Waals surface area contributed by atoms with Crippen molar-refractivity contribution in [1.82, 2.24) is 0 Å². The minimum absolute atomic E-state index is 0.108. The van der Waals surface area contributed by atoms with Crippen molar-refractivity contribution in [3.63, 3.8) is 0 Å². The van der Waals surface area contributed by atoms with Crippen LogP contribution in [0.5, 0.6) is 17.2 Å². The lowest BCUT2D eigenvalue weighted by Gasteiger charge is -2.26. The number of hydrogen-bond donors (Lipinski definition) is 2. The molecule has 0 aliphatic carbocycles. The second kappa shape index (κ2) is 10.9. The molecule has 0 spiro atoms. The maximum Gasteiger partial charge on any atom is 0.307 e. The molecule has 1 aliphatic rings. The quantitative estimate of drug-likeness (QED) is 0.242. The van der Waals surface area contributed by atoms with Crippen LogP contribution in [0.1, 0.15) is 22.7 Å². The predicted molar refractivity (Wildman–Crippen MR) is 140 cm³/mol. The Morgan fingerprint density at radius 1 is 0.921 bits per heavy atom. The minimum atomic E-state index is -1.04. The lowest BCUT2D eigenvalue weighted by molar-refractivity contribution is -0.136. The molecule has 196 valence electrons. The van der Waals surface area contributed by atoms with Crippen molar-refractivity contribution < 1.29 is 38.8 Å². The van der Waals surface area contributed by atoms with Crippen molar-refractivity contribution in [3.8, 4) is 17.2 Å². The number of aliphatic hydroxyl groups excluding tert-OH is 1. The summed E-state index contributed by atoms with van der Waals surface area (Å²) in [6, 6.07) is 14.9. The summed E-state index contributed by atoms with van der Waals surface area (Å²) in [4.78, 5) is 39.2. The first kappa shape index (κ1) is 26.6. The summed E-state index contributed by atoms with van der Waals surface area (Å²) in [5.74, 6) is -2.38. The van der Waals surface area contributed by atoms with Gasteiger partial charge in [0.2, 0.25) is 0 Å². The second-order valence-electron chi connectivity index (χ2n) is 8.37. The van der Waals surface area contributed by atoms with Crippen LogP contribution in [0, 0.1) is 0 Å². The number of methoxy groups -OCH3 is 3. The third-order valence-corrected chi connectivity index (χ3v) is 6.45. The summed E-state index contributed by atoms with van der Waals surface area (Å²) >= 11 is 6.22. The SMILES string of the molecule is COc1cccc(C2/C(=C(\O)c3cc(OC)c(Cl)cc3OC)C(=O)C(=O)N2c2ccc(CC(=O)O)cc2)c1. The van der Waals surface area contributed by atoms with Gasteiger partial charge in [0.15, 0.2) is 0 Å². The monoisotopic (exact) mass is 537 g/mol. The molecule has 1 fully saturated rings. The van der Waals surface area contributed by atoms with Crippen LogP contribution in [0.2, 0.25) is 5.02 Å². The molecule has 1 unspecified atom stereocenters. The zero-order valence-corrected chi connectivity index (χ0v) is 21.5. The van der Waals surface area contributed by atoms with Gasteiger partial charge in [0.1, 0.15) is 23.0 Å². The lowest BCUT2D eigenvalue weighted by Crippen LogP contribution is -2.29. The van der Waals surface area contributed by atoms with Crippen LogP contribution in [-0.4, -0.2) is 49.2 Å². The standard InChI is InChI=1S/C28H24ClNO8/c1-36-18-6-4-5-16(12-18)25-24(26(33)19-13-22(38-3)20(29)14-21(19)37-2)27(34)28(35)30(25)17-9-7-15(8-10-17)11-23(31)32/h4-10,12-14,25,33H,11H2,1-3H3,(H,31,32)/b26-24+. The number of carboxylic acids is 1. The van der Waals surface area contributed by atoms with Crippen molar-refractivity contribution in [3.05, 3.63) is 87.9 Å². The molecule has 1 saturated heterocycles. The molecule has 4 rings (SSSR count). The van der Waals surface area contributed by atoms with Crippen molar-refractivity contribution in [2.45, 2.75) is 12.5 Å². The number of benzene rings is 3. The maximum atomic E-state index is 13.5. The number of ketones is 1. The van der Waals surface area contributed by atoms with Crippen molar-refractivity contribution in [2.24, 2.45) is 0 Å². The Labute approximate surface area is 223 Å². The molecule has 0 saturated carbocycles. The molecule has 10 heteroatoms. The van der Waals surface area contributed by atoms with Gasteiger partial charge < -0.3 is 24.4 Å². The fraction of sp³-hybridized carbons (Fsp3) is 0.179. The highest BCUT2D eigenvalue weighted by atomic mass is 35.5. The van der Waals surface area contributed by atoms with E-state index in [4.69, 9.17) is 30.9 Å². The van der Waals surface area contributed by atoms with Crippen LogP contribution >= 0.6 is 11.6 Å². The Balaban J connectivity index is 1.95. The van der Waals surface area contributed by atoms with Gasteiger partial charge in [-0.2, -0.15) is 0 Å². The number of nitrogens with zero attached hydrogens (tertiary/aromatic N) is 1. The van der Waals surface area contributed by atoms with Crippen molar-refractivity contribution >= 4 is 40.7 Å². The molecule has 2 N–H and O–H groups in total. The van der Waals surface area contributed by atoms with E-state index in [1.165, 1.54) is 38.4 Å². The lowest BCUT2D eigenvalue weighted by atomic mass is 9.94. The summed E-state index contributed by atoms with van der Waals surface area (Å²) < 4.78 is 16.0. The minimum Gasteiger partial charge on any atom is -0.507 e. The van der Waals surface area contributed by atoms with Gasteiger partial charge >= 0.3 is 5.97 Å². The number of carbonyl (C=O) groups excluding carboxylic acids is 2. The fourth-order valence-corrected chi connectivity index (χ4v) is 4.60. The number of anilines is 1. The zero-order valence-electron chi connectivity index (χ0n) is 20.7. The molecule has 0 aromatic heterocycles. The van der Waals surface area contributed by atoms with Crippen LogP contribution in [0.25, 0.3) is 5.76 Å². The molecular formula is C28H24ClNO8. The number of amides is 1. The van der Waals surface area contributed by atoms with E-state index in [1.807, 2.05) is 0 Å². The second-order valence-corrected chi connectivity index (χ2v) is 8.78. The van der Waals surface area contributed by atoms with Crippen LogP contribution < -0.4 is 19.1 Å². The summed E-state index contributed by atoms with van der Waals surface area (Å²) in [5.41, 5.74) is 1.29. The van der Waals surface area contributed by atoms with E-state index < -0.39 is 29.5 Å². The van der Waals surface area contributed by atoms with E-state index in [0.717, 1.165) is 0 Å². The average molecular weight is 538 g/mol. The van der Waals surface area contributed by atoms with Crippen LogP contribution in [0.3, 0.4) is 0 Å². The molecule has 0 radical (unpaired) electrons. The normalized spacial score (nSPS) is 16.4. The summed E-state index contributed by atoms with van der Waals surface area (Å²) in [5, 5.41) is 20.8. The van der Waals surface area contributed by atoms with Gasteiger partial charge in [-0.25, -0.2) is 0 Å². The van der Waals surface area contributed by atoms with Crippen LogP contribution in [0.15, 0.2) is 66.2 Å². The molecule has 1 heterocycles. The molecular weight excluding hydrogens is 514 g/mol. The largest absolute Gasteiger partial charge is 0.507 e. The number of ether oxygens (including phenoxy) is 3. The smallest absolute Gasteiger partial charge is 0.307 e. The van der Waals surface area contributed by atoms with Gasteiger partial charge in [0, 0.05) is 11.8 Å². The molecule has 1 amide bonds. The summed E-state index contributed by atoms with van der Waals surface area (Å²) in [6.07, 6.45) is -0.198. The Bertz CT molecular complexity index is 1450. The Hall–Kier alpha value is -4.50. The number of carboxylic acid groups (broad SMARTS) is 1. The van der Waals surface area contributed by atoms with E-state index in [2.05, 4.69) is 0 Å². The van der Waals surface area contributed by atoms with Gasteiger partial charge in [-0.15, -0.1) is 0 Å². The third-order valence-electron chi connectivity index (χ3n) is 6.15. The number of aliphatic hydroxyl groups is 1. The number of aliphatic carboxylic acids is 1. The Kier molecular flexibility index (Phi) is 7.59. The highest BCUT2D eigenvalue weighted by Gasteiger charge is 2.47. The molecule has 9 nitrogen and oxygen atoms in total. The van der Waals surface area contributed by atoms with Gasteiger partial charge in [0.05, 0.1) is 50.0 Å². The first-order chi connectivity index (χ1) is 18.2. The summed E-state index contributed by atoms with van der Waals surface area (Å²) in [7, 11) is 4.27. The molecule has 3 aromatic carbocycles. The molecule has 0 bridgehead atoms. The zero-order chi connectivity index (χ0) is 27.6. The van der Waals surface area contributed by atoms with E-state index in [0.29, 0.717) is 22.6 Å². The van der Waals surface area contributed by atoms with E-state index in [-0.39, 0.29) is 34.1 Å². The number of rotatable bonds is 8. The van der Waals surface area contributed by atoms with Gasteiger partial charge in [-0.05, 0) is 41.5 Å². The maximum absolute atomic E-state index is 13.5. The van der Waals surface area contributed by atoms with Crippen molar-refractivity contribution in [2.75, 3.05) is 26.2 Å². The van der Waals surface area contributed by atoms with Crippen molar-refractivity contribution in [1.29, 1.82) is 0 Å². The van der Waals surface area contributed by atoms with Gasteiger partial charge in [-0.1, -0.05) is 35.9 Å². The number of Topliss-reactive ketones (excluding diaryl/α,β-unsaturated/α-hetero) is 1. The first-order valence-corrected chi connectivity index (χ1v) is 11.8. The number of carbonyl (C=O) groups is 3. The van der Waals surface area contributed by atoms with Crippen LogP contribution in [0.4, 0.5) is 5.69 Å². The average Bonchev–Trinajstić information content (AvgIpc) is 3.18. The molecule has 3 aromatic rings. The molecule has 1 atom stereocenters. The summed E-state index contributed by atoms with van der Waals surface area (Å²) in [6.45, 7) is 0. The Morgan fingerprint density at radius 3 is 2.21 bits per heavy atom. The first-order valence-electron chi connectivity index (χ1n) is 11.4. The highest BCUT2D eigenvalue weighted by Crippen LogP contribution is 2.45. The fourth-order valence-electron chi connectivity index (χ4n) is 4.37. The molecule has 38 heavy (non-hydrogen) atoms. The predicted octanol–water partition coefficient (Wildman–Crippen LogP) is 4.62. The number of hydrogen-bond acceptors (Lipinski definition) is 7. The Morgan fingerprint density at radius 2 is 1.61 bits per heavy atom. The van der Waals surface area contributed by atoms with E-state index >= 15 is 0 Å². The third kappa shape index (κ3) is 4.88. The molecule has 1 aliphatic heterocycles. The topological polar surface area (TPSA) is 123 Å². The highest BCUT2D eigenvalue weighted by molar-refractivity contribution is 6.51. The van der Waals surface area contributed by atoms with Gasteiger partial charge in [0.25, 0.3) is 11.7 Å². The van der Waals surface area contributed by atoms with E-state index in [9.17, 15) is 19.5 Å². The van der Waals surface area contributed by atoms with Gasteiger partial charge in [-0.3, -0.25) is 19.3 Å². The number of halogens is 1. The van der Waals surface area contributed by atoms with Crippen LogP contribution in [-0.2, 0) is 20.8 Å². The van der Waals surface area contributed by atoms with E-state index in [1.54, 1.807) is 48.5 Å².